The average molecular weight is 482 g/mol. The molecule has 2 aliphatic heterocycles. The molecule has 1 unspecified atom stereocenters. The van der Waals surface area contributed by atoms with Crippen LogP contribution in [0.15, 0.2) is 28.9 Å². The molecule has 3 rings (SSSR count). The van der Waals surface area contributed by atoms with Crippen LogP contribution in [0.2, 0.25) is 0 Å². The Bertz CT molecular complexity index is 998. The quantitative estimate of drug-likeness (QED) is 0.326. The van der Waals surface area contributed by atoms with E-state index >= 15 is 0 Å². The third-order valence-electron chi connectivity index (χ3n) is 8.21. The van der Waals surface area contributed by atoms with Crippen LogP contribution in [0.4, 0.5) is 11.4 Å². The summed E-state index contributed by atoms with van der Waals surface area (Å²) in [5.74, 6) is -0.563. The van der Waals surface area contributed by atoms with Gasteiger partial charge in [-0.25, -0.2) is 4.99 Å². The summed E-state index contributed by atoms with van der Waals surface area (Å²) < 4.78 is 1.01. The fourth-order valence-corrected chi connectivity index (χ4v) is 5.25. The number of aryl methyl sites for hydroxylation is 2. The summed E-state index contributed by atoms with van der Waals surface area (Å²) >= 11 is 0. The second-order valence-corrected chi connectivity index (χ2v) is 10.3. The minimum Gasteiger partial charge on any atom is -0.338 e. The molecular formula is C29H45N4O2+. The van der Waals surface area contributed by atoms with E-state index < -0.39 is 0 Å². The molecule has 0 spiro atoms. The zero-order valence-electron chi connectivity index (χ0n) is 23.0. The van der Waals surface area contributed by atoms with Gasteiger partial charge in [0.1, 0.15) is 0 Å². The average Bonchev–Trinajstić information content (AvgIpc) is 2.86. The van der Waals surface area contributed by atoms with E-state index in [4.69, 9.17) is 4.99 Å². The van der Waals surface area contributed by atoms with Crippen LogP contribution in [-0.4, -0.2) is 66.2 Å². The van der Waals surface area contributed by atoms with Gasteiger partial charge < -0.3 is 9.38 Å². The first kappa shape index (κ1) is 27.1. The number of quaternary nitrogens is 1. The lowest BCUT2D eigenvalue weighted by molar-refractivity contribution is -0.923. The Kier molecular flexibility index (Phi) is 8.92. The smallest absolute Gasteiger partial charge is 0.281 e. The first-order chi connectivity index (χ1) is 16.7. The predicted molar refractivity (Wildman–Crippen MR) is 145 cm³/mol. The van der Waals surface area contributed by atoms with Crippen LogP contribution in [0.1, 0.15) is 71.4 Å². The number of anilines is 1. The van der Waals surface area contributed by atoms with Gasteiger partial charge in [-0.05, 0) is 70.7 Å². The summed E-state index contributed by atoms with van der Waals surface area (Å²) in [5.41, 5.74) is 5.54. The van der Waals surface area contributed by atoms with Gasteiger partial charge in [-0.2, -0.15) is 0 Å². The molecule has 0 saturated heterocycles. The Hall–Kier alpha value is -2.47. The number of amides is 2. The van der Waals surface area contributed by atoms with E-state index in [1.165, 1.54) is 10.5 Å². The normalized spacial score (nSPS) is 20.0. The van der Waals surface area contributed by atoms with Crippen molar-refractivity contribution >= 4 is 28.9 Å². The standard InChI is InChI=1S/C29H45N4O2/c1-8-12-16-31-25-15-14-21(5)28(34)32(17-13-18-33(9-2,10-3)11-4)29(35)27(25)30-24-19-22(6)23(7)20-26(24)31/h15,19-21H,8-14,16-18H2,1-7H3/q+1/b25-15-. The Labute approximate surface area is 212 Å². The molecule has 1 aromatic rings. The van der Waals surface area contributed by atoms with Crippen LogP contribution in [0.5, 0.6) is 0 Å². The highest BCUT2D eigenvalue weighted by molar-refractivity contribution is 6.49. The highest BCUT2D eigenvalue weighted by Gasteiger charge is 2.37. The van der Waals surface area contributed by atoms with Crippen molar-refractivity contribution < 1.29 is 14.1 Å². The van der Waals surface area contributed by atoms with E-state index in [2.05, 4.69) is 64.7 Å². The third-order valence-corrected chi connectivity index (χ3v) is 8.21. The van der Waals surface area contributed by atoms with Crippen molar-refractivity contribution in [3.05, 3.63) is 35.0 Å². The summed E-state index contributed by atoms with van der Waals surface area (Å²) in [6.45, 7) is 20.4. The number of rotatable bonds is 10. The first-order valence-corrected chi connectivity index (χ1v) is 13.6. The summed E-state index contributed by atoms with van der Waals surface area (Å²) in [6, 6.07) is 4.26. The second kappa shape index (κ2) is 11.5. The Morgan fingerprint density at radius 1 is 0.943 bits per heavy atom. The monoisotopic (exact) mass is 481 g/mol. The summed E-state index contributed by atoms with van der Waals surface area (Å²) in [4.78, 5) is 35.9. The molecule has 0 saturated carbocycles. The van der Waals surface area contributed by atoms with Gasteiger partial charge in [0.2, 0.25) is 5.91 Å². The van der Waals surface area contributed by atoms with Crippen molar-refractivity contribution in [2.24, 2.45) is 10.9 Å². The molecule has 6 heteroatoms. The number of imide groups is 1. The van der Waals surface area contributed by atoms with Crippen molar-refractivity contribution in [2.75, 3.05) is 44.2 Å². The lowest BCUT2D eigenvalue weighted by Gasteiger charge is -2.38. The van der Waals surface area contributed by atoms with Gasteiger partial charge in [-0.3, -0.25) is 14.5 Å². The lowest BCUT2D eigenvalue weighted by atomic mass is 9.97. The molecule has 2 heterocycles. The maximum Gasteiger partial charge on any atom is 0.281 e. The van der Waals surface area contributed by atoms with Crippen LogP contribution >= 0.6 is 0 Å². The number of nitrogens with zero attached hydrogens (tertiary/aromatic N) is 4. The minimum absolute atomic E-state index is 0.0819. The molecule has 0 N–H and O–H groups in total. The molecule has 2 amide bonds. The van der Waals surface area contributed by atoms with Crippen molar-refractivity contribution in [2.45, 2.75) is 74.1 Å². The van der Waals surface area contributed by atoms with Crippen LogP contribution in [0.25, 0.3) is 0 Å². The second-order valence-electron chi connectivity index (χ2n) is 10.3. The van der Waals surface area contributed by atoms with Gasteiger partial charge in [0.05, 0.1) is 43.3 Å². The van der Waals surface area contributed by atoms with E-state index in [0.29, 0.717) is 18.7 Å². The fraction of sp³-hybridized carbons (Fsp3) is 0.621. The molecule has 0 bridgehead atoms. The molecular weight excluding hydrogens is 436 g/mol. The molecule has 0 aliphatic carbocycles. The van der Waals surface area contributed by atoms with Gasteiger partial charge in [0.25, 0.3) is 5.91 Å². The zero-order valence-corrected chi connectivity index (χ0v) is 23.0. The number of carbonyl (C=O) groups is 2. The number of benzene rings is 1. The minimum atomic E-state index is -0.249. The van der Waals surface area contributed by atoms with Crippen LogP contribution in [0.3, 0.4) is 0 Å². The summed E-state index contributed by atoms with van der Waals surface area (Å²) in [6.07, 6.45) is 5.57. The molecule has 0 fully saturated rings. The van der Waals surface area contributed by atoms with Gasteiger partial charge >= 0.3 is 0 Å². The molecule has 2 aliphatic rings. The van der Waals surface area contributed by atoms with E-state index in [9.17, 15) is 9.59 Å². The Balaban J connectivity index is 2.00. The number of carbonyl (C=O) groups excluding carboxylic acids is 2. The van der Waals surface area contributed by atoms with Crippen molar-refractivity contribution in [3.63, 3.8) is 0 Å². The zero-order chi connectivity index (χ0) is 25.8. The van der Waals surface area contributed by atoms with Crippen molar-refractivity contribution in [1.82, 2.24) is 4.90 Å². The third kappa shape index (κ3) is 5.53. The SMILES string of the molecule is CCCCN1/C2=C\CC(C)C(=O)N(CCC[N+](CC)(CC)CC)C(=O)C2=Nc2cc(C)c(C)cc21. The number of aliphatic imine (C=N–C) groups is 1. The van der Waals surface area contributed by atoms with Gasteiger partial charge in [0, 0.05) is 25.4 Å². The maximum absolute atomic E-state index is 13.9. The Morgan fingerprint density at radius 2 is 1.57 bits per heavy atom. The number of fused-ring (bicyclic) bond motifs is 2. The van der Waals surface area contributed by atoms with Crippen LogP contribution in [-0.2, 0) is 9.59 Å². The summed E-state index contributed by atoms with van der Waals surface area (Å²) in [7, 11) is 0. The lowest BCUT2D eigenvalue weighted by Crippen LogP contribution is -2.51. The molecule has 0 radical (unpaired) electrons. The number of hydrogen-bond donors (Lipinski definition) is 0. The van der Waals surface area contributed by atoms with E-state index in [1.54, 1.807) is 0 Å². The largest absolute Gasteiger partial charge is 0.338 e. The van der Waals surface area contributed by atoms with Gasteiger partial charge in [-0.15, -0.1) is 0 Å². The van der Waals surface area contributed by atoms with Crippen LogP contribution < -0.4 is 4.90 Å². The Morgan fingerprint density at radius 3 is 2.20 bits per heavy atom. The van der Waals surface area contributed by atoms with Gasteiger partial charge in [0.15, 0.2) is 5.71 Å². The highest BCUT2D eigenvalue weighted by atomic mass is 16.2. The number of allylic oxidation sites excluding steroid dienone is 1. The molecule has 1 aromatic carbocycles. The molecule has 192 valence electrons. The van der Waals surface area contributed by atoms with E-state index in [1.807, 2.05) is 6.92 Å². The number of unbranched alkanes of at least 4 members (excludes halogenated alkanes) is 1. The fourth-order valence-electron chi connectivity index (χ4n) is 5.25. The highest BCUT2D eigenvalue weighted by Crippen LogP contribution is 2.39. The van der Waals surface area contributed by atoms with Gasteiger partial charge in [-0.1, -0.05) is 26.3 Å². The van der Waals surface area contributed by atoms with Crippen molar-refractivity contribution in [1.29, 1.82) is 0 Å². The topological polar surface area (TPSA) is 53.0 Å². The molecule has 1 atom stereocenters. The molecule has 35 heavy (non-hydrogen) atoms. The maximum atomic E-state index is 13.9. The number of hydrogen-bond acceptors (Lipinski definition) is 4. The van der Waals surface area contributed by atoms with Crippen molar-refractivity contribution in [3.8, 4) is 0 Å². The van der Waals surface area contributed by atoms with Crippen LogP contribution in [0, 0.1) is 19.8 Å². The van der Waals surface area contributed by atoms with E-state index in [-0.39, 0.29) is 17.7 Å². The predicted octanol–water partition coefficient (Wildman–Crippen LogP) is 5.54. The molecule has 0 aromatic heterocycles. The first-order valence-electron chi connectivity index (χ1n) is 13.6. The van der Waals surface area contributed by atoms with E-state index in [0.717, 1.165) is 79.1 Å². The summed E-state index contributed by atoms with van der Waals surface area (Å²) in [5, 5.41) is 0. The molecule has 6 nitrogen and oxygen atoms in total.